The van der Waals surface area contributed by atoms with Gasteiger partial charge < -0.3 is 10.6 Å². The second-order valence-electron chi connectivity index (χ2n) is 4.04. The predicted molar refractivity (Wildman–Crippen MR) is 68.0 cm³/mol. The predicted octanol–water partition coefficient (Wildman–Crippen LogP) is 1.99. The van der Waals surface area contributed by atoms with Crippen LogP contribution in [0.2, 0.25) is 0 Å². The third-order valence-corrected chi connectivity index (χ3v) is 2.78. The molecule has 1 unspecified atom stereocenters. The summed E-state index contributed by atoms with van der Waals surface area (Å²) in [7, 11) is 2.00. The summed E-state index contributed by atoms with van der Waals surface area (Å²) in [6.07, 6.45) is 3.97. The van der Waals surface area contributed by atoms with Gasteiger partial charge in [0.1, 0.15) is 11.7 Å². The molecule has 1 aromatic rings. The van der Waals surface area contributed by atoms with E-state index in [0.29, 0.717) is 11.6 Å². The van der Waals surface area contributed by atoms with Crippen molar-refractivity contribution in [3.05, 3.63) is 23.9 Å². The lowest BCUT2D eigenvalue weighted by Crippen LogP contribution is -2.31. The molecule has 0 saturated heterocycles. The van der Waals surface area contributed by atoms with E-state index in [-0.39, 0.29) is 5.84 Å². The average molecular weight is 220 g/mol. The Kier molecular flexibility index (Phi) is 4.28. The molecule has 16 heavy (non-hydrogen) atoms. The van der Waals surface area contributed by atoms with Gasteiger partial charge in [0.2, 0.25) is 0 Å². The quantitative estimate of drug-likeness (QED) is 0.589. The van der Waals surface area contributed by atoms with E-state index in [4.69, 9.17) is 11.1 Å². The first kappa shape index (κ1) is 12.5. The van der Waals surface area contributed by atoms with Crippen molar-refractivity contribution in [2.45, 2.75) is 32.7 Å². The van der Waals surface area contributed by atoms with Gasteiger partial charge in [-0.25, -0.2) is 4.98 Å². The second kappa shape index (κ2) is 5.49. The summed E-state index contributed by atoms with van der Waals surface area (Å²) < 4.78 is 0. The SMILES string of the molecule is CCCC(C)N(C)c1ncccc1C(=N)N. The number of aromatic nitrogens is 1. The zero-order chi connectivity index (χ0) is 12.1. The first-order chi connectivity index (χ1) is 7.57. The molecule has 0 aliphatic heterocycles. The number of rotatable bonds is 5. The molecule has 4 nitrogen and oxygen atoms in total. The Bertz CT molecular complexity index is 362. The Hall–Kier alpha value is -1.58. The molecule has 4 heteroatoms. The van der Waals surface area contributed by atoms with Crippen molar-refractivity contribution in [1.29, 1.82) is 5.41 Å². The number of nitrogens with zero attached hydrogens (tertiary/aromatic N) is 2. The Balaban J connectivity index is 2.98. The van der Waals surface area contributed by atoms with Gasteiger partial charge in [0.05, 0.1) is 5.56 Å². The molecular weight excluding hydrogens is 200 g/mol. The maximum Gasteiger partial charge on any atom is 0.139 e. The van der Waals surface area contributed by atoms with Crippen LogP contribution in [-0.4, -0.2) is 23.9 Å². The molecule has 0 saturated carbocycles. The van der Waals surface area contributed by atoms with Crippen LogP contribution in [0.5, 0.6) is 0 Å². The van der Waals surface area contributed by atoms with E-state index in [1.165, 1.54) is 0 Å². The number of pyridine rings is 1. The fraction of sp³-hybridized carbons (Fsp3) is 0.500. The van der Waals surface area contributed by atoms with E-state index in [1.54, 1.807) is 12.3 Å². The van der Waals surface area contributed by atoms with E-state index in [1.807, 2.05) is 13.1 Å². The van der Waals surface area contributed by atoms with Crippen molar-refractivity contribution in [3.63, 3.8) is 0 Å². The Morgan fingerprint density at radius 1 is 1.62 bits per heavy atom. The number of hydrogen-bond donors (Lipinski definition) is 2. The Morgan fingerprint density at radius 3 is 2.88 bits per heavy atom. The highest BCUT2D eigenvalue weighted by Crippen LogP contribution is 2.19. The molecule has 88 valence electrons. The minimum absolute atomic E-state index is 0.0682. The van der Waals surface area contributed by atoms with Crippen LogP contribution in [0.25, 0.3) is 0 Å². The topological polar surface area (TPSA) is 66.0 Å². The normalized spacial score (nSPS) is 12.2. The maximum atomic E-state index is 7.52. The molecular formula is C12H20N4. The molecule has 3 N–H and O–H groups in total. The highest BCUT2D eigenvalue weighted by Gasteiger charge is 2.15. The van der Waals surface area contributed by atoms with Crippen LogP contribution in [0.3, 0.4) is 0 Å². The van der Waals surface area contributed by atoms with Crippen molar-refractivity contribution >= 4 is 11.7 Å². The lowest BCUT2D eigenvalue weighted by molar-refractivity contribution is 0.611. The molecule has 0 aliphatic rings. The monoisotopic (exact) mass is 220 g/mol. The first-order valence-corrected chi connectivity index (χ1v) is 5.60. The smallest absolute Gasteiger partial charge is 0.139 e. The summed E-state index contributed by atoms with van der Waals surface area (Å²) in [5.41, 5.74) is 6.24. The molecule has 1 heterocycles. The minimum Gasteiger partial charge on any atom is -0.384 e. The fourth-order valence-corrected chi connectivity index (χ4v) is 1.71. The molecule has 0 spiro atoms. The summed E-state index contributed by atoms with van der Waals surface area (Å²) >= 11 is 0. The zero-order valence-corrected chi connectivity index (χ0v) is 10.2. The maximum absolute atomic E-state index is 7.52. The molecule has 1 aromatic heterocycles. The standard InChI is InChI=1S/C12H20N4/c1-4-6-9(2)16(3)12-10(11(13)14)7-5-8-15-12/h5,7-9H,4,6H2,1-3H3,(H3,13,14). The van der Waals surface area contributed by atoms with Gasteiger partial charge in [-0.2, -0.15) is 0 Å². The number of amidine groups is 1. The summed E-state index contributed by atoms with van der Waals surface area (Å²) in [5.74, 6) is 0.856. The third kappa shape index (κ3) is 2.72. The van der Waals surface area contributed by atoms with Gasteiger partial charge in [0.15, 0.2) is 0 Å². The molecule has 1 rings (SSSR count). The molecule has 0 radical (unpaired) electrons. The van der Waals surface area contributed by atoms with Crippen molar-refractivity contribution in [2.24, 2.45) is 5.73 Å². The second-order valence-corrected chi connectivity index (χ2v) is 4.04. The van der Waals surface area contributed by atoms with E-state index in [9.17, 15) is 0 Å². The summed E-state index contributed by atoms with van der Waals surface area (Å²) in [6, 6.07) is 4.04. The van der Waals surface area contributed by atoms with Gasteiger partial charge in [-0.15, -0.1) is 0 Å². The molecule has 0 bridgehead atoms. The highest BCUT2D eigenvalue weighted by atomic mass is 15.2. The van der Waals surface area contributed by atoms with E-state index in [0.717, 1.165) is 18.7 Å². The average Bonchev–Trinajstić information content (AvgIpc) is 2.28. The largest absolute Gasteiger partial charge is 0.384 e. The van der Waals surface area contributed by atoms with Crippen LogP contribution < -0.4 is 10.6 Å². The number of nitrogens with one attached hydrogen (secondary N) is 1. The number of anilines is 1. The number of hydrogen-bond acceptors (Lipinski definition) is 3. The van der Waals surface area contributed by atoms with Crippen molar-refractivity contribution in [2.75, 3.05) is 11.9 Å². The van der Waals surface area contributed by atoms with Gasteiger partial charge >= 0.3 is 0 Å². The molecule has 0 aromatic carbocycles. The molecule has 0 fully saturated rings. The van der Waals surface area contributed by atoms with Crippen molar-refractivity contribution < 1.29 is 0 Å². The number of nitrogen functional groups attached to an aromatic ring is 1. The lowest BCUT2D eigenvalue weighted by atomic mass is 10.1. The van der Waals surface area contributed by atoms with Gasteiger partial charge in [-0.05, 0) is 25.5 Å². The molecule has 1 atom stereocenters. The summed E-state index contributed by atoms with van der Waals surface area (Å²) in [6.45, 7) is 4.32. The van der Waals surface area contributed by atoms with E-state index in [2.05, 4.69) is 23.7 Å². The lowest BCUT2D eigenvalue weighted by Gasteiger charge is -2.27. The van der Waals surface area contributed by atoms with Crippen molar-refractivity contribution in [1.82, 2.24) is 4.98 Å². The van der Waals surface area contributed by atoms with Gasteiger partial charge in [0, 0.05) is 19.3 Å². The van der Waals surface area contributed by atoms with Gasteiger partial charge in [-0.3, -0.25) is 5.41 Å². The van der Waals surface area contributed by atoms with Crippen LogP contribution >= 0.6 is 0 Å². The zero-order valence-electron chi connectivity index (χ0n) is 10.2. The van der Waals surface area contributed by atoms with E-state index < -0.39 is 0 Å². The van der Waals surface area contributed by atoms with Crippen LogP contribution in [0.15, 0.2) is 18.3 Å². The van der Waals surface area contributed by atoms with Crippen LogP contribution in [-0.2, 0) is 0 Å². The first-order valence-electron chi connectivity index (χ1n) is 5.60. The Morgan fingerprint density at radius 2 is 2.31 bits per heavy atom. The van der Waals surface area contributed by atoms with E-state index >= 15 is 0 Å². The van der Waals surface area contributed by atoms with Gasteiger partial charge in [0.25, 0.3) is 0 Å². The van der Waals surface area contributed by atoms with Crippen LogP contribution in [0, 0.1) is 5.41 Å². The van der Waals surface area contributed by atoms with Crippen LogP contribution in [0.1, 0.15) is 32.3 Å². The molecule has 0 amide bonds. The summed E-state index contributed by atoms with van der Waals surface area (Å²) in [5, 5.41) is 7.52. The Labute approximate surface area is 97.0 Å². The van der Waals surface area contributed by atoms with Crippen LogP contribution in [0.4, 0.5) is 5.82 Å². The molecule has 0 aliphatic carbocycles. The third-order valence-electron chi connectivity index (χ3n) is 2.78. The summed E-state index contributed by atoms with van der Waals surface area (Å²) in [4.78, 5) is 6.39. The minimum atomic E-state index is 0.0682. The highest BCUT2D eigenvalue weighted by molar-refractivity contribution is 5.99. The van der Waals surface area contributed by atoms with Crippen molar-refractivity contribution in [3.8, 4) is 0 Å². The fourth-order valence-electron chi connectivity index (χ4n) is 1.71. The number of nitrogens with two attached hydrogens (primary N) is 1. The van der Waals surface area contributed by atoms with Gasteiger partial charge in [-0.1, -0.05) is 13.3 Å².